The molecule has 0 heterocycles. The zero-order valence-corrected chi connectivity index (χ0v) is 16.4. The summed E-state index contributed by atoms with van der Waals surface area (Å²) in [6.07, 6.45) is -4.54. The predicted octanol–water partition coefficient (Wildman–Crippen LogP) is 4.21. The summed E-state index contributed by atoms with van der Waals surface area (Å²) >= 11 is 0. The van der Waals surface area contributed by atoms with E-state index in [2.05, 4.69) is 0 Å². The lowest BCUT2D eigenvalue weighted by Crippen LogP contribution is -2.49. The molecule has 2 aromatic rings. The van der Waals surface area contributed by atoms with Crippen LogP contribution >= 0.6 is 0 Å². The van der Waals surface area contributed by atoms with Gasteiger partial charge in [0.25, 0.3) is 0 Å². The third kappa shape index (κ3) is 4.78. The first-order valence-corrected chi connectivity index (χ1v) is 9.31. The van der Waals surface area contributed by atoms with Gasteiger partial charge in [0.2, 0.25) is 0 Å². The molecule has 0 bridgehead atoms. The van der Waals surface area contributed by atoms with E-state index in [0.29, 0.717) is 11.1 Å². The SMILES string of the molecule is O=C1/C(=C\c2ccc(C(=O)O)cc2)CC(O)(C(F)(F)F)C/C1=C/c1ccc(C(=O)O)cc1. The molecule has 1 fully saturated rings. The third-order valence-electron chi connectivity index (χ3n) is 5.07. The highest BCUT2D eigenvalue weighted by Crippen LogP contribution is 2.45. The number of carboxylic acids is 2. The highest BCUT2D eigenvalue weighted by molar-refractivity contribution is 6.14. The van der Waals surface area contributed by atoms with Gasteiger partial charge >= 0.3 is 18.1 Å². The van der Waals surface area contributed by atoms with Gasteiger partial charge in [0.1, 0.15) is 0 Å². The zero-order valence-electron chi connectivity index (χ0n) is 16.4. The molecule has 0 atom stereocenters. The minimum Gasteiger partial charge on any atom is -0.478 e. The van der Waals surface area contributed by atoms with Crippen LogP contribution in [-0.2, 0) is 4.79 Å². The van der Waals surface area contributed by atoms with Crippen LogP contribution in [0.4, 0.5) is 13.2 Å². The van der Waals surface area contributed by atoms with Crippen molar-refractivity contribution in [2.24, 2.45) is 0 Å². The molecule has 166 valence electrons. The molecule has 3 N–H and O–H groups in total. The Morgan fingerprint density at radius 2 is 1.12 bits per heavy atom. The maximum Gasteiger partial charge on any atom is 0.417 e. The van der Waals surface area contributed by atoms with E-state index in [0.717, 1.165) is 0 Å². The Morgan fingerprint density at radius 3 is 1.41 bits per heavy atom. The first kappa shape index (κ1) is 23.0. The molecule has 0 spiro atoms. The standard InChI is InChI=1S/C23H17F3O6/c24-23(25,26)22(32)11-17(9-13-1-5-15(6-2-13)20(28)29)19(27)18(12-22)10-14-3-7-16(8-4-14)21(30)31/h1-10,32H,11-12H2,(H,28,29)(H,30,31)/b17-9-,18-10-. The van der Waals surface area contributed by atoms with Crippen molar-refractivity contribution in [2.45, 2.75) is 24.6 Å². The topological polar surface area (TPSA) is 112 Å². The second kappa shape index (κ2) is 8.43. The van der Waals surface area contributed by atoms with E-state index in [9.17, 15) is 32.7 Å². The fourth-order valence-electron chi connectivity index (χ4n) is 3.34. The van der Waals surface area contributed by atoms with Crippen molar-refractivity contribution in [1.82, 2.24) is 0 Å². The number of halogens is 3. The lowest BCUT2D eigenvalue weighted by atomic mass is 9.76. The van der Waals surface area contributed by atoms with E-state index < -0.39 is 42.3 Å². The molecule has 1 saturated carbocycles. The smallest absolute Gasteiger partial charge is 0.417 e. The number of aliphatic hydroxyl groups is 1. The predicted molar refractivity (Wildman–Crippen MR) is 108 cm³/mol. The number of rotatable bonds is 4. The van der Waals surface area contributed by atoms with Crippen molar-refractivity contribution < 1.29 is 42.9 Å². The molecular weight excluding hydrogens is 429 g/mol. The van der Waals surface area contributed by atoms with E-state index >= 15 is 0 Å². The molecule has 0 saturated heterocycles. The van der Waals surface area contributed by atoms with E-state index in [4.69, 9.17) is 10.2 Å². The summed E-state index contributed by atoms with van der Waals surface area (Å²) in [5, 5.41) is 28.2. The van der Waals surface area contributed by atoms with Gasteiger partial charge in [-0.3, -0.25) is 4.79 Å². The van der Waals surface area contributed by atoms with Gasteiger partial charge in [-0.2, -0.15) is 13.2 Å². The summed E-state index contributed by atoms with van der Waals surface area (Å²) in [5.74, 6) is -3.05. The Hall–Kier alpha value is -3.72. The number of carbonyl (C=O) groups is 3. The highest BCUT2D eigenvalue weighted by Gasteiger charge is 2.57. The Morgan fingerprint density at radius 1 is 0.781 bits per heavy atom. The Kier molecular flexibility index (Phi) is 6.05. The van der Waals surface area contributed by atoms with E-state index in [1.165, 1.54) is 60.7 Å². The van der Waals surface area contributed by atoms with Gasteiger partial charge < -0.3 is 15.3 Å². The van der Waals surface area contributed by atoms with Gasteiger partial charge in [0, 0.05) is 24.0 Å². The lowest BCUT2D eigenvalue weighted by Gasteiger charge is -2.35. The number of ketones is 1. The van der Waals surface area contributed by atoms with Gasteiger partial charge in [-0.15, -0.1) is 0 Å². The second-order valence-corrected chi connectivity index (χ2v) is 7.41. The maximum absolute atomic E-state index is 13.6. The van der Waals surface area contributed by atoms with Gasteiger partial charge in [0.05, 0.1) is 11.1 Å². The quantitative estimate of drug-likeness (QED) is 0.607. The molecular formula is C23H17F3O6. The molecule has 1 aliphatic carbocycles. The zero-order chi connectivity index (χ0) is 23.7. The van der Waals surface area contributed by atoms with Crippen molar-refractivity contribution >= 4 is 29.9 Å². The largest absolute Gasteiger partial charge is 0.478 e. The number of hydrogen-bond donors (Lipinski definition) is 3. The minimum absolute atomic E-state index is 0.0284. The molecule has 0 radical (unpaired) electrons. The Bertz CT molecular complexity index is 1050. The average Bonchev–Trinajstić information content (AvgIpc) is 2.71. The van der Waals surface area contributed by atoms with Crippen molar-refractivity contribution in [3.8, 4) is 0 Å². The third-order valence-corrected chi connectivity index (χ3v) is 5.07. The molecule has 6 nitrogen and oxygen atoms in total. The minimum atomic E-state index is -5.01. The van der Waals surface area contributed by atoms with Crippen LogP contribution < -0.4 is 0 Å². The van der Waals surface area contributed by atoms with Crippen LogP contribution in [0.1, 0.15) is 44.7 Å². The van der Waals surface area contributed by atoms with Crippen LogP contribution in [0.25, 0.3) is 12.2 Å². The first-order chi connectivity index (χ1) is 14.9. The van der Waals surface area contributed by atoms with E-state index in [1.54, 1.807) is 0 Å². The van der Waals surface area contributed by atoms with Crippen LogP contribution in [0.15, 0.2) is 59.7 Å². The number of Topliss-reactive ketones (excluding diaryl/α,β-unsaturated/α-hetero) is 1. The number of aromatic carboxylic acids is 2. The number of benzene rings is 2. The van der Waals surface area contributed by atoms with Crippen LogP contribution in [0, 0.1) is 0 Å². The van der Waals surface area contributed by atoms with Crippen LogP contribution in [0.3, 0.4) is 0 Å². The van der Waals surface area contributed by atoms with Crippen molar-refractivity contribution in [1.29, 1.82) is 0 Å². The molecule has 0 unspecified atom stereocenters. The average molecular weight is 446 g/mol. The Labute approximate surface area is 179 Å². The molecule has 3 rings (SSSR count). The van der Waals surface area contributed by atoms with Gasteiger partial charge in [-0.1, -0.05) is 24.3 Å². The summed E-state index contributed by atoms with van der Waals surface area (Å²) < 4.78 is 40.8. The number of carbonyl (C=O) groups excluding carboxylic acids is 1. The molecule has 32 heavy (non-hydrogen) atoms. The molecule has 0 amide bonds. The van der Waals surface area contributed by atoms with Crippen molar-refractivity contribution in [3.05, 3.63) is 81.9 Å². The van der Waals surface area contributed by atoms with Crippen LogP contribution in [0.5, 0.6) is 0 Å². The number of carboxylic acid groups (broad SMARTS) is 2. The summed E-state index contributed by atoms with van der Waals surface area (Å²) in [6, 6.07) is 10.4. The summed E-state index contributed by atoms with van der Waals surface area (Å²) in [7, 11) is 0. The summed E-state index contributed by atoms with van der Waals surface area (Å²) in [4.78, 5) is 34.8. The Balaban J connectivity index is 2.03. The fraction of sp³-hybridized carbons (Fsp3) is 0.174. The van der Waals surface area contributed by atoms with Crippen molar-refractivity contribution in [3.63, 3.8) is 0 Å². The molecule has 1 aliphatic rings. The fourth-order valence-corrected chi connectivity index (χ4v) is 3.34. The van der Waals surface area contributed by atoms with E-state index in [1.807, 2.05) is 0 Å². The second-order valence-electron chi connectivity index (χ2n) is 7.41. The van der Waals surface area contributed by atoms with Crippen molar-refractivity contribution in [2.75, 3.05) is 0 Å². The molecule has 0 aromatic heterocycles. The van der Waals surface area contributed by atoms with Crippen LogP contribution in [-0.4, -0.2) is 44.8 Å². The summed E-state index contributed by atoms with van der Waals surface area (Å²) in [5.41, 5.74) is -3.19. The van der Waals surface area contributed by atoms with E-state index in [-0.39, 0.29) is 22.3 Å². The van der Waals surface area contributed by atoms with Crippen LogP contribution in [0.2, 0.25) is 0 Å². The normalized spacial score (nSPS) is 21.7. The number of hydrogen-bond acceptors (Lipinski definition) is 4. The maximum atomic E-state index is 13.6. The van der Waals surface area contributed by atoms with Gasteiger partial charge in [-0.25, -0.2) is 9.59 Å². The molecule has 9 heteroatoms. The summed E-state index contributed by atoms with van der Waals surface area (Å²) in [6.45, 7) is 0. The first-order valence-electron chi connectivity index (χ1n) is 9.31. The molecule has 2 aromatic carbocycles. The number of alkyl halides is 3. The molecule has 0 aliphatic heterocycles. The van der Waals surface area contributed by atoms with Gasteiger partial charge in [0.15, 0.2) is 11.4 Å². The highest BCUT2D eigenvalue weighted by atomic mass is 19.4. The van der Waals surface area contributed by atoms with Gasteiger partial charge in [-0.05, 0) is 47.5 Å². The monoisotopic (exact) mass is 446 g/mol. The lowest BCUT2D eigenvalue weighted by molar-refractivity contribution is -0.260.